The number of nitrogen functional groups attached to an aromatic ring is 1. The van der Waals surface area contributed by atoms with Crippen LogP contribution < -0.4 is 5.73 Å². The van der Waals surface area contributed by atoms with Crippen LogP contribution in [-0.2, 0) is 11.8 Å². The van der Waals surface area contributed by atoms with Crippen LogP contribution in [0.1, 0.15) is 67.7 Å². The molecule has 23 heavy (non-hydrogen) atoms. The third-order valence-electron chi connectivity index (χ3n) is 5.80. The van der Waals surface area contributed by atoms with E-state index in [1.165, 1.54) is 55.2 Å². The summed E-state index contributed by atoms with van der Waals surface area (Å²) in [6.07, 6.45) is 9.12. The Balaban J connectivity index is 1.95. The molecule has 0 atom stereocenters. The summed E-state index contributed by atoms with van der Waals surface area (Å²) in [6, 6.07) is 15.6. The number of benzene rings is 2. The van der Waals surface area contributed by atoms with Crippen molar-refractivity contribution in [3.63, 3.8) is 0 Å². The molecule has 1 aliphatic rings. The highest BCUT2D eigenvalue weighted by atomic mass is 14.5. The van der Waals surface area contributed by atoms with E-state index in [9.17, 15) is 0 Å². The molecule has 1 heteroatoms. The quantitative estimate of drug-likeness (QED) is 0.712. The Bertz CT molecular complexity index is 665. The molecule has 2 aromatic carbocycles. The Labute approximate surface area is 140 Å². The highest BCUT2D eigenvalue weighted by Gasteiger charge is 2.33. The lowest BCUT2D eigenvalue weighted by atomic mass is 9.66. The second-order valence-corrected chi connectivity index (χ2v) is 7.22. The highest BCUT2D eigenvalue weighted by Crippen LogP contribution is 2.43. The minimum atomic E-state index is 0.400. The minimum absolute atomic E-state index is 0.400. The summed E-state index contributed by atoms with van der Waals surface area (Å²) in [5.74, 6) is 0. The molecule has 1 nitrogen and oxygen atoms in total. The van der Waals surface area contributed by atoms with Crippen LogP contribution in [0.3, 0.4) is 0 Å². The van der Waals surface area contributed by atoms with Crippen LogP contribution in [-0.4, -0.2) is 0 Å². The topological polar surface area (TPSA) is 26.0 Å². The van der Waals surface area contributed by atoms with Crippen LogP contribution in [0.15, 0.2) is 42.5 Å². The molecule has 0 unspecified atom stereocenters. The summed E-state index contributed by atoms with van der Waals surface area (Å²) in [4.78, 5) is 0. The van der Waals surface area contributed by atoms with Gasteiger partial charge in [0.05, 0.1) is 0 Å². The van der Waals surface area contributed by atoms with Gasteiger partial charge in [0.1, 0.15) is 0 Å². The van der Waals surface area contributed by atoms with Gasteiger partial charge in [-0.1, -0.05) is 62.6 Å². The van der Waals surface area contributed by atoms with Gasteiger partial charge in [-0.15, -0.1) is 0 Å². The zero-order valence-electron chi connectivity index (χ0n) is 14.6. The van der Waals surface area contributed by atoms with Crippen molar-refractivity contribution >= 4 is 5.69 Å². The van der Waals surface area contributed by atoms with Gasteiger partial charge in [0.15, 0.2) is 0 Å². The monoisotopic (exact) mass is 307 g/mol. The molecule has 122 valence electrons. The summed E-state index contributed by atoms with van der Waals surface area (Å²) in [6.45, 7) is 4.47. The predicted molar refractivity (Wildman–Crippen MR) is 99.9 cm³/mol. The maximum atomic E-state index is 5.97. The molecule has 1 saturated carbocycles. The summed E-state index contributed by atoms with van der Waals surface area (Å²) in [5, 5.41) is 0. The fraction of sp³-hybridized carbons (Fsp3) is 0.455. The molecule has 0 bridgehead atoms. The first-order valence-electron chi connectivity index (χ1n) is 9.08. The molecule has 0 aromatic heterocycles. The van der Waals surface area contributed by atoms with Gasteiger partial charge in [-0.05, 0) is 66.3 Å². The standard InChI is InChI=1S/C22H29N/c1-3-22(13-7-4-8-14-22)20-10-6-5-9-19(20)16-18-11-12-21(23)17(2)15-18/h5-6,9-12,15H,3-4,7-8,13-14,16,23H2,1-2H3. The number of nitrogens with two attached hydrogens (primary N) is 1. The van der Waals surface area contributed by atoms with E-state index in [0.29, 0.717) is 5.41 Å². The minimum Gasteiger partial charge on any atom is -0.399 e. The van der Waals surface area contributed by atoms with E-state index in [2.05, 4.69) is 50.2 Å². The van der Waals surface area contributed by atoms with Crippen molar-refractivity contribution < 1.29 is 0 Å². The van der Waals surface area contributed by atoms with Crippen molar-refractivity contribution in [2.45, 2.75) is 64.2 Å². The number of hydrogen-bond acceptors (Lipinski definition) is 1. The molecular formula is C22H29N. The van der Waals surface area contributed by atoms with Crippen molar-refractivity contribution in [1.29, 1.82) is 0 Å². The van der Waals surface area contributed by atoms with Crippen LogP contribution in [0.25, 0.3) is 0 Å². The summed E-state index contributed by atoms with van der Waals surface area (Å²) in [7, 11) is 0. The second-order valence-electron chi connectivity index (χ2n) is 7.22. The molecule has 0 amide bonds. The number of hydrogen-bond donors (Lipinski definition) is 1. The third kappa shape index (κ3) is 3.29. The number of rotatable bonds is 4. The van der Waals surface area contributed by atoms with Crippen molar-refractivity contribution in [2.75, 3.05) is 5.73 Å². The molecular weight excluding hydrogens is 278 g/mol. The lowest BCUT2D eigenvalue weighted by Crippen LogP contribution is -2.29. The van der Waals surface area contributed by atoms with Crippen LogP contribution in [0.5, 0.6) is 0 Å². The van der Waals surface area contributed by atoms with Crippen molar-refractivity contribution in [2.24, 2.45) is 0 Å². The molecule has 0 heterocycles. The Morgan fingerprint density at radius 2 is 1.74 bits per heavy atom. The van der Waals surface area contributed by atoms with E-state index in [1.54, 1.807) is 5.56 Å². The number of anilines is 1. The highest BCUT2D eigenvalue weighted by molar-refractivity contribution is 5.49. The molecule has 0 spiro atoms. The van der Waals surface area contributed by atoms with Crippen molar-refractivity contribution in [1.82, 2.24) is 0 Å². The Hall–Kier alpha value is -1.76. The zero-order chi connectivity index (χ0) is 16.3. The first-order chi connectivity index (χ1) is 11.1. The van der Waals surface area contributed by atoms with Crippen LogP contribution in [0.2, 0.25) is 0 Å². The van der Waals surface area contributed by atoms with Crippen molar-refractivity contribution in [3.8, 4) is 0 Å². The fourth-order valence-corrected chi connectivity index (χ4v) is 4.30. The fourth-order valence-electron chi connectivity index (χ4n) is 4.30. The molecule has 0 aliphatic heterocycles. The van der Waals surface area contributed by atoms with Crippen molar-refractivity contribution in [3.05, 3.63) is 64.7 Å². The molecule has 2 N–H and O–H groups in total. The first kappa shape index (κ1) is 16.1. The van der Waals surface area contributed by atoms with Gasteiger partial charge >= 0.3 is 0 Å². The van der Waals surface area contributed by atoms with Crippen LogP contribution in [0, 0.1) is 6.92 Å². The molecule has 1 aliphatic carbocycles. The maximum absolute atomic E-state index is 5.97. The summed E-state index contributed by atoms with van der Waals surface area (Å²) >= 11 is 0. The van der Waals surface area contributed by atoms with E-state index in [1.807, 2.05) is 6.07 Å². The summed E-state index contributed by atoms with van der Waals surface area (Å²) < 4.78 is 0. The van der Waals surface area contributed by atoms with E-state index in [-0.39, 0.29) is 0 Å². The largest absolute Gasteiger partial charge is 0.399 e. The smallest absolute Gasteiger partial charge is 0.0343 e. The maximum Gasteiger partial charge on any atom is 0.0343 e. The first-order valence-corrected chi connectivity index (χ1v) is 9.08. The van der Waals surface area contributed by atoms with Gasteiger partial charge in [-0.25, -0.2) is 0 Å². The Morgan fingerprint density at radius 3 is 2.43 bits per heavy atom. The predicted octanol–water partition coefficient (Wildman–Crippen LogP) is 5.78. The Kier molecular flexibility index (Phi) is 4.75. The Morgan fingerprint density at radius 1 is 1.00 bits per heavy atom. The number of aryl methyl sites for hydroxylation is 1. The third-order valence-corrected chi connectivity index (χ3v) is 5.80. The normalized spacial score (nSPS) is 17.1. The summed E-state index contributed by atoms with van der Waals surface area (Å²) in [5.41, 5.74) is 12.9. The zero-order valence-corrected chi connectivity index (χ0v) is 14.6. The van der Waals surface area contributed by atoms with Crippen LogP contribution in [0.4, 0.5) is 5.69 Å². The molecule has 0 saturated heterocycles. The SMILES string of the molecule is CCC1(c2ccccc2Cc2ccc(N)c(C)c2)CCCCC1. The average molecular weight is 307 g/mol. The van der Waals surface area contributed by atoms with Crippen LogP contribution >= 0.6 is 0 Å². The lowest BCUT2D eigenvalue weighted by molar-refractivity contribution is 0.282. The van der Waals surface area contributed by atoms with E-state index in [4.69, 9.17) is 5.73 Å². The van der Waals surface area contributed by atoms with Gasteiger partial charge < -0.3 is 5.73 Å². The van der Waals surface area contributed by atoms with Gasteiger partial charge in [0.25, 0.3) is 0 Å². The van der Waals surface area contributed by atoms with Gasteiger partial charge in [0, 0.05) is 5.69 Å². The molecule has 0 radical (unpaired) electrons. The van der Waals surface area contributed by atoms with Gasteiger partial charge in [-0.2, -0.15) is 0 Å². The van der Waals surface area contributed by atoms with Gasteiger partial charge in [0.2, 0.25) is 0 Å². The van der Waals surface area contributed by atoms with E-state index >= 15 is 0 Å². The molecule has 3 rings (SSSR count). The molecule has 2 aromatic rings. The molecule has 1 fully saturated rings. The average Bonchev–Trinajstić information content (AvgIpc) is 2.59. The van der Waals surface area contributed by atoms with Gasteiger partial charge in [-0.3, -0.25) is 0 Å². The van der Waals surface area contributed by atoms with E-state index in [0.717, 1.165) is 12.1 Å². The lowest BCUT2D eigenvalue weighted by Gasteiger charge is -2.38. The van der Waals surface area contributed by atoms with E-state index < -0.39 is 0 Å². The second kappa shape index (κ2) is 6.78.